The summed E-state index contributed by atoms with van der Waals surface area (Å²) in [6.07, 6.45) is 1.67. The molecule has 0 saturated carbocycles. The van der Waals surface area contributed by atoms with Crippen molar-refractivity contribution < 1.29 is 10.2 Å². The molecule has 0 fully saturated rings. The number of hydrogen-bond acceptors (Lipinski definition) is 6. The van der Waals surface area contributed by atoms with Gasteiger partial charge in [0.25, 0.3) is 0 Å². The Kier molecular flexibility index (Phi) is 4.50. The van der Waals surface area contributed by atoms with E-state index in [1.165, 1.54) is 0 Å². The Morgan fingerprint density at radius 1 is 1.04 bits per heavy atom. The zero-order valence-corrected chi connectivity index (χ0v) is 12.9. The van der Waals surface area contributed by atoms with E-state index in [-0.39, 0.29) is 13.2 Å². The lowest BCUT2D eigenvalue weighted by Crippen LogP contribution is -2.31. The summed E-state index contributed by atoms with van der Waals surface area (Å²) >= 11 is 0. The highest BCUT2D eigenvalue weighted by Gasteiger charge is 2.13. The van der Waals surface area contributed by atoms with Gasteiger partial charge in [0.1, 0.15) is 11.6 Å². The molecule has 1 aromatic carbocycles. The zero-order valence-electron chi connectivity index (χ0n) is 12.9. The number of fused-ring (bicyclic) bond motifs is 1. The summed E-state index contributed by atoms with van der Waals surface area (Å²) in [6.45, 7) is 2.61. The van der Waals surface area contributed by atoms with Crippen LogP contribution in [0.4, 0.5) is 5.95 Å². The average Bonchev–Trinajstić information content (AvgIpc) is 2.90. The molecule has 2 N–H and O–H groups in total. The number of aliphatic hydroxyl groups is 2. The molecule has 0 saturated heterocycles. The fraction of sp³-hybridized carbons (Fsp3) is 0.312. The molecule has 120 valence electrons. The highest BCUT2D eigenvalue weighted by atomic mass is 16.3. The molecule has 0 bridgehead atoms. The Labute approximate surface area is 133 Å². The molecule has 0 spiro atoms. The van der Waals surface area contributed by atoms with Crippen LogP contribution in [0.25, 0.3) is 16.9 Å². The number of imidazole rings is 1. The van der Waals surface area contributed by atoms with E-state index in [1.54, 1.807) is 11.1 Å². The molecular weight excluding hydrogens is 294 g/mol. The summed E-state index contributed by atoms with van der Waals surface area (Å²) in [5, 5.41) is 18.3. The van der Waals surface area contributed by atoms with Crippen molar-refractivity contribution in [3.8, 4) is 5.82 Å². The maximum atomic E-state index is 9.17. The van der Waals surface area contributed by atoms with Crippen molar-refractivity contribution in [3.63, 3.8) is 0 Å². The minimum Gasteiger partial charge on any atom is -0.395 e. The quantitative estimate of drug-likeness (QED) is 0.703. The van der Waals surface area contributed by atoms with Gasteiger partial charge in [-0.25, -0.2) is 9.97 Å². The van der Waals surface area contributed by atoms with Crippen LogP contribution in [0.2, 0.25) is 0 Å². The van der Waals surface area contributed by atoms with Gasteiger partial charge in [-0.3, -0.25) is 4.57 Å². The summed E-state index contributed by atoms with van der Waals surface area (Å²) < 4.78 is 1.97. The molecule has 0 aliphatic heterocycles. The van der Waals surface area contributed by atoms with Gasteiger partial charge in [-0.15, -0.1) is 0 Å². The van der Waals surface area contributed by atoms with Crippen molar-refractivity contribution in [3.05, 3.63) is 42.4 Å². The van der Waals surface area contributed by atoms with Gasteiger partial charge in [0, 0.05) is 19.3 Å². The Morgan fingerprint density at radius 3 is 2.52 bits per heavy atom. The van der Waals surface area contributed by atoms with Crippen LogP contribution < -0.4 is 4.90 Å². The van der Waals surface area contributed by atoms with E-state index in [0.29, 0.717) is 24.9 Å². The maximum absolute atomic E-state index is 9.17. The van der Waals surface area contributed by atoms with E-state index in [2.05, 4.69) is 15.0 Å². The van der Waals surface area contributed by atoms with Gasteiger partial charge >= 0.3 is 0 Å². The van der Waals surface area contributed by atoms with Crippen LogP contribution in [0.1, 0.15) is 5.82 Å². The van der Waals surface area contributed by atoms with Gasteiger partial charge in [-0.2, -0.15) is 4.98 Å². The standard InChI is InChI=1S/C16H19N5O2/c1-12-18-13-4-2-3-5-14(13)21(12)15-6-7-17-16(19-15)20(8-10-22)9-11-23/h2-7,22-23H,8-11H2,1H3. The highest BCUT2D eigenvalue weighted by molar-refractivity contribution is 5.77. The first-order valence-electron chi connectivity index (χ1n) is 7.48. The van der Waals surface area contributed by atoms with E-state index in [1.807, 2.05) is 41.8 Å². The number of benzene rings is 1. The van der Waals surface area contributed by atoms with Crippen molar-refractivity contribution in [1.29, 1.82) is 0 Å². The normalized spacial score (nSPS) is 11.1. The maximum Gasteiger partial charge on any atom is 0.227 e. The summed E-state index contributed by atoms with van der Waals surface area (Å²) in [5.41, 5.74) is 1.89. The molecule has 3 aromatic rings. The first-order chi connectivity index (χ1) is 11.2. The zero-order chi connectivity index (χ0) is 16.2. The van der Waals surface area contributed by atoms with Gasteiger partial charge in [0.05, 0.1) is 24.2 Å². The van der Waals surface area contributed by atoms with Crippen LogP contribution in [0.5, 0.6) is 0 Å². The number of nitrogens with zero attached hydrogens (tertiary/aromatic N) is 5. The molecule has 2 heterocycles. The van der Waals surface area contributed by atoms with Crippen LogP contribution >= 0.6 is 0 Å². The third-order valence-electron chi connectivity index (χ3n) is 3.61. The van der Waals surface area contributed by atoms with Crippen LogP contribution in [-0.4, -0.2) is 56.0 Å². The third-order valence-corrected chi connectivity index (χ3v) is 3.61. The summed E-state index contributed by atoms with van der Waals surface area (Å²) in [6, 6.07) is 9.70. The molecule has 2 aromatic heterocycles. The molecule has 0 atom stereocenters. The first-order valence-corrected chi connectivity index (χ1v) is 7.48. The Morgan fingerprint density at radius 2 is 1.78 bits per heavy atom. The van der Waals surface area contributed by atoms with E-state index in [4.69, 9.17) is 10.2 Å². The van der Waals surface area contributed by atoms with Crippen molar-refractivity contribution in [2.45, 2.75) is 6.92 Å². The molecule has 7 heteroatoms. The van der Waals surface area contributed by atoms with Gasteiger partial charge in [0.2, 0.25) is 5.95 Å². The number of aromatic nitrogens is 4. The molecular formula is C16H19N5O2. The van der Waals surface area contributed by atoms with Crippen molar-refractivity contribution >= 4 is 17.0 Å². The van der Waals surface area contributed by atoms with Gasteiger partial charge < -0.3 is 15.1 Å². The summed E-state index contributed by atoms with van der Waals surface area (Å²) in [7, 11) is 0. The lowest BCUT2D eigenvalue weighted by molar-refractivity contribution is 0.280. The first kappa shape index (κ1) is 15.4. The van der Waals surface area contributed by atoms with E-state index in [9.17, 15) is 0 Å². The molecule has 0 aliphatic carbocycles. The fourth-order valence-corrected chi connectivity index (χ4v) is 2.60. The summed E-state index contributed by atoms with van der Waals surface area (Å²) in [5.74, 6) is 2.02. The smallest absolute Gasteiger partial charge is 0.227 e. The fourth-order valence-electron chi connectivity index (χ4n) is 2.60. The lowest BCUT2D eigenvalue weighted by Gasteiger charge is -2.21. The molecule has 0 aliphatic rings. The number of para-hydroxylation sites is 2. The minimum atomic E-state index is -0.0272. The van der Waals surface area contributed by atoms with Crippen LogP contribution in [-0.2, 0) is 0 Å². The Bertz CT molecular complexity index is 796. The second-order valence-corrected chi connectivity index (χ2v) is 5.13. The van der Waals surface area contributed by atoms with Crippen LogP contribution in [0, 0.1) is 6.92 Å². The number of rotatable bonds is 6. The third kappa shape index (κ3) is 3.01. The monoisotopic (exact) mass is 313 g/mol. The number of hydrogen-bond donors (Lipinski definition) is 2. The Hall–Kier alpha value is -2.51. The largest absolute Gasteiger partial charge is 0.395 e. The second-order valence-electron chi connectivity index (χ2n) is 5.13. The minimum absolute atomic E-state index is 0.0272. The molecule has 7 nitrogen and oxygen atoms in total. The average molecular weight is 313 g/mol. The van der Waals surface area contributed by atoms with E-state index >= 15 is 0 Å². The van der Waals surface area contributed by atoms with Gasteiger partial charge in [-0.1, -0.05) is 12.1 Å². The molecule has 0 amide bonds. The Balaban J connectivity index is 2.06. The lowest BCUT2D eigenvalue weighted by atomic mass is 10.3. The van der Waals surface area contributed by atoms with Gasteiger partial charge in [0.15, 0.2) is 0 Å². The van der Waals surface area contributed by atoms with Crippen LogP contribution in [0.3, 0.4) is 0 Å². The number of aliphatic hydroxyl groups excluding tert-OH is 2. The van der Waals surface area contributed by atoms with E-state index in [0.717, 1.165) is 16.9 Å². The number of aryl methyl sites for hydroxylation is 1. The molecule has 0 radical (unpaired) electrons. The SMILES string of the molecule is Cc1nc2ccccc2n1-c1ccnc(N(CCO)CCO)n1. The highest BCUT2D eigenvalue weighted by Crippen LogP contribution is 2.20. The topological polar surface area (TPSA) is 87.3 Å². The van der Waals surface area contributed by atoms with E-state index < -0.39 is 0 Å². The predicted molar refractivity (Wildman–Crippen MR) is 87.8 cm³/mol. The van der Waals surface area contributed by atoms with Crippen molar-refractivity contribution in [2.24, 2.45) is 0 Å². The van der Waals surface area contributed by atoms with Crippen LogP contribution in [0.15, 0.2) is 36.5 Å². The van der Waals surface area contributed by atoms with Gasteiger partial charge in [-0.05, 0) is 25.1 Å². The molecule has 0 unspecified atom stereocenters. The second kappa shape index (κ2) is 6.72. The molecule has 3 rings (SSSR count). The molecule has 23 heavy (non-hydrogen) atoms. The van der Waals surface area contributed by atoms with Crippen molar-refractivity contribution in [2.75, 3.05) is 31.2 Å². The summed E-state index contributed by atoms with van der Waals surface area (Å²) in [4.78, 5) is 15.1. The number of anilines is 1. The van der Waals surface area contributed by atoms with Crippen molar-refractivity contribution in [1.82, 2.24) is 19.5 Å². The predicted octanol–water partition coefficient (Wildman–Crippen LogP) is 0.915.